The molecule has 2 rings (SSSR count). The summed E-state index contributed by atoms with van der Waals surface area (Å²) in [5.41, 5.74) is 2.33. The molecular formula is C12H16N2O2. The van der Waals surface area contributed by atoms with Crippen molar-refractivity contribution < 1.29 is 9.57 Å². The summed E-state index contributed by atoms with van der Waals surface area (Å²) in [7, 11) is 3.69. The molecule has 0 bridgehead atoms. The van der Waals surface area contributed by atoms with E-state index < -0.39 is 0 Å². The summed E-state index contributed by atoms with van der Waals surface area (Å²) in [5, 5.41) is 1.19. The van der Waals surface area contributed by atoms with E-state index in [4.69, 9.17) is 10.6 Å². The molecule has 4 nitrogen and oxygen atoms in total. The Labute approximate surface area is 94.5 Å². The molecule has 1 aromatic heterocycles. The van der Waals surface area contributed by atoms with E-state index in [0.29, 0.717) is 6.61 Å². The van der Waals surface area contributed by atoms with Crippen molar-refractivity contribution in [3.63, 3.8) is 0 Å². The van der Waals surface area contributed by atoms with Gasteiger partial charge in [0.15, 0.2) is 0 Å². The van der Waals surface area contributed by atoms with Crippen molar-refractivity contribution >= 4 is 10.9 Å². The highest BCUT2D eigenvalue weighted by atomic mass is 16.6. The van der Waals surface area contributed by atoms with Gasteiger partial charge >= 0.3 is 0 Å². The van der Waals surface area contributed by atoms with Crippen LogP contribution in [-0.2, 0) is 18.3 Å². The fraction of sp³-hybridized carbons (Fsp3) is 0.333. The Balaban J connectivity index is 2.53. The van der Waals surface area contributed by atoms with Crippen molar-refractivity contribution in [1.29, 1.82) is 0 Å². The van der Waals surface area contributed by atoms with Gasteiger partial charge in [-0.2, -0.15) is 0 Å². The molecule has 0 aliphatic rings. The molecular weight excluding hydrogens is 204 g/mol. The van der Waals surface area contributed by atoms with Gasteiger partial charge in [-0.15, -0.1) is 0 Å². The Kier molecular flexibility index (Phi) is 3.12. The van der Waals surface area contributed by atoms with E-state index >= 15 is 0 Å². The minimum atomic E-state index is 0.524. The number of hydrogen-bond acceptors (Lipinski definition) is 3. The van der Waals surface area contributed by atoms with Crippen LogP contribution in [-0.4, -0.2) is 18.3 Å². The minimum Gasteiger partial charge on any atom is -0.495 e. The number of hydrogen-bond donors (Lipinski definition) is 1. The fourth-order valence-electron chi connectivity index (χ4n) is 1.99. The summed E-state index contributed by atoms with van der Waals surface area (Å²) >= 11 is 0. The molecule has 0 atom stereocenters. The third-order valence-corrected chi connectivity index (χ3v) is 2.80. The standard InChI is InChI=1S/C12H16N2O2/c1-14-7-5-10-9(6-8-16-13)3-4-11(15-2)12(10)14/h3-5,7H,6,8,13H2,1-2H3. The highest BCUT2D eigenvalue weighted by molar-refractivity contribution is 5.89. The molecule has 4 heteroatoms. The van der Waals surface area contributed by atoms with Gasteiger partial charge in [-0.25, -0.2) is 5.90 Å². The topological polar surface area (TPSA) is 49.4 Å². The number of nitrogens with two attached hydrogens (primary N) is 1. The van der Waals surface area contributed by atoms with E-state index in [1.54, 1.807) is 7.11 Å². The van der Waals surface area contributed by atoms with E-state index in [1.165, 1.54) is 10.9 Å². The van der Waals surface area contributed by atoms with Crippen LogP contribution in [0.25, 0.3) is 10.9 Å². The second-order valence-electron chi connectivity index (χ2n) is 3.74. The molecule has 0 radical (unpaired) electrons. The van der Waals surface area contributed by atoms with Crippen LogP contribution >= 0.6 is 0 Å². The molecule has 2 aromatic rings. The summed E-state index contributed by atoms with van der Waals surface area (Å²) in [5.74, 6) is 5.94. The summed E-state index contributed by atoms with van der Waals surface area (Å²) in [6.07, 6.45) is 2.83. The lowest BCUT2D eigenvalue weighted by Crippen LogP contribution is -2.04. The number of aromatic nitrogens is 1. The van der Waals surface area contributed by atoms with E-state index in [0.717, 1.165) is 17.7 Å². The number of benzene rings is 1. The normalized spacial score (nSPS) is 10.9. The molecule has 0 saturated heterocycles. The maximum atomic E-state index is 5.35. The first kappa shape index (κ1) is 11.0. The molecule has 86 valence electrons. The van der Waals surface area contributed by atoms with Gasteiger partial charge in [-0.1, -0.05) is 6.07 Å². The van der Waals surface area contributed by atoms with Crippen LogP contribution in [0, 0.1) is 0 Å². The monoisotopic (exact) mass is 220 g/mol. The predicted molar refractivity (Wildman–Crippen MR) is 63.3 cm³/mol. The zero-order valence-electron chi connectivity index (χ0n) is 9.56. The van der Waals surface area contributed by atoms with Gasteiger partial charge in [0.05, 0.1) is 19.2 Å². The SMILES string of the molecule is COc1ccc(CCON)c2ccn(C)c12. The Morgan fingerprint density at radius 1 is 1.31 bits per heavy atom. The molecule has 0 fully saturated rings. The third-order valence-electron chi connectivity index (χ3n) is 2.80. The summed E-state index contributed by atoms with van der Waals surface area (Å²) < 4.78 is 7.41. The largest absolute Gasteiger partial charge is 0.495 e. The van der Waals surface area contributed by atoms with Gasteiger partial charge in [-0.3, -0.25) is 0 Å². The highest BCUT2D eigenvalue weighted by Crippen LogP contribution is 2.29. The number of aryl methyl sites for hydroxylation is 1. The van der Waals surface area contributed by atoms with Gasteiger partial charge in [-0.05, 0) is 24.1 Å². The van der Waals surface area contributed by atoms with Gasteiger partial charge in [0, 0.05) is 18.6 Å². The third kappa shape index (κ3) is 1.77. The zero-order chi connectivity index (χ0) is 11.5. The smallest absolute Gasteiger partial charge is 0.143 e. The molecule has 2 N–H and O–H groups in total. The fourth-order valence-corrected chi connectivity index (χ4v) is 1.99. The van der Waals surface area contributed by atoms with Crippen molar-refractivity contribution in [2.24, 2.45) is 12.9 Å². The molecule has 1 heterocycles. The number of nitrogens with zero attached hydrogens (tertiary/aromatic N) is 1. The first-order chi connectivity index (χ1) is 7.77. The van der Waals surface area contributed by atoms with Crippen molar-refractivity contribution in [3.8, 4) is 5.75 Å². The van der Waals surface area contributed by atoms with Gasteiger partial charge < -0.3 is 14.1 Å². The zero-order valence-corrected chi connectivity index (χ0v) is 9.56. The molecule has 0 unspecified atom stereocenters. The molecule has 1 aromatic carbocycles. The van der Waals surface area contributed by atoms with E-state index in [1.807, 2.05) is 19.3 Å². The predicted octanol–water partition coefficient (Wildman–Crippen LogP) is 1.62. The highest BCUT2D eigenvalue weighted by Gasteiger charge is 2.09. The summed E-state index contributed by atoms with van der Waals surface area (Å²) in [4.78, 5) is 4.62. The Morgan fingerprint density at radius 2 is 2.12 bits per heavy atom. The van der Waals surface area contributed by atoms with E-state index in [-0.39, 0.29) is 0 Å². The Hall–Kier alpha value is -1.52. The molecule has 16 heavy (non-hydrogen) atoms. The van der Waals surface area contributed by atoms with Crippen LogP contribution in [0.5, 0.6) is 5.75 Å². The lowest BCUT2D eigenvalue weighted by atomic mass is 10.1. The number of rotatable bonds is 4. The van der Waals surface area contributed by atoms with E-state index in [2.05, 4.69) is 21.5 Å². The number of methoxy groups -OCH3 is 1. The van der Waals surface area contributed by atoms with Crippen LogP contribution in [0.4, 0.5) is 0 Å². The second kappa shape index (κ2) is 4.55. The summed E-state index contributed by atoms with van der Waals surface area (Å²) in [6.45, 7) is 0.524. The average molecular weight is 220 g/mol. The van der Waals surface area contributed by atoms with Crippen molar-refractivity contribution in [2.45, 2.75) is 6.42 Å². The van der Waals surface area contributed by atoms with Crippen molar-refractivity contribution in [1.82, 2.24) is 4.57 Å². The molecule has 0 aliphatic heterocycles. The maximum Gasteiger partial charge on any atom is 0.143 e. The first-order valence-corrected chi connectivity index (χ1v) is 5.20. The van der Waals surface area contributed by atoms with Crippen LogP contribution in [0.1, 0.15) is 5.56 Å². The lowest BCUT2D eigenvalue weighted by molar-refractivity contribution is 0.141. The van der Waals surface area contributed by atoms with Crippen molar-refractivity contribution in [2.75, 3.05) is 13.7 Å². The minimum absolute atomic E-state index is 0.524. The number of fused-ring (bicyclic) bond motifs is 1. The van der Waals surface area contributed by atoms with Gasteiger partial charge in [0.2, 0.25) is 0 Å². The lowest BCUT2D eigenvalue weighted by Gasteiger charge is -2.08. The van der Waals surface area contributed by atoms with Crippen LogP contribution in [0.15, 0.2) is 24.4 Å². The Morgan fingerprint density at radius 3 is 2.81 bits per heavy atom. The van der Waals surface area contributed by atoms with Crippen LogP contribution in [0.2, 0.25) is 0 Å². The van der Waals surface area contributed by atoms with Gasteiger partial charge in [0.25, 0.3) is 0 Å². The molecule has 0 saturated carbocycles. The second-order valence-corrected chi connectivity index (χ2v) is 3.74. The first-order valence-electron chi connectivity index (χ1n) is 5.20. The molecule has 0 spiro atoms. The quantitative estimate of drug-likeness (QED) is 0.796. The molecule has 0 amide bonds. The average Bonchev–Trinajstić information content (AvgIpc) is 2.69. The van der Waals surface area contributed by atoms with Crippen LogP contribution in [0.3, 0.4) is 0 Å². The maximum absolute atomic E-state index is 5.35. The summed E-state index contributed by atoms with van der Waals surface area (Å²) in [6, 6.07) is 6.12. The number of ether oxygens (including phenoxy) is 1. The Bertz CT molecular complexity index is 491. The van der Waals surface area contributed by atoms with Crippen LogP contribution < -0.4 is 10.6 Å². The van der Waals surface area contributed by atoms with Crippen molar-refractivity contribution in [3.05, 3.63) is 30.0 Å². The molecule has 0 aliphatic carbocycles. The van der Waals surface area contributed by atoms with Gasteiger partial charge in [0.1, 0.15) is 5.75 Å². The van der Waals surface area contributed by atoms with E-state index in [9.17, 15) is 0 Å².